The van der Waals surface area contributed by atoms with Gasteiger partial charge in [-0.2, -0.15) is 0 Å². The maximum Gasteiger partial charge on any atom is 0.223 e. The van der Waals surface area contributed by atoms with Crippen molar-refractivity contribution in [2.75, 3.05) is 26.8 Å². The summed E-state index contributed by atoms with van der Waals surface area (Å²) in [5, 5.41) is 0. The van der Waals surface area contributed by atoms with Crippen molar-refractivity contribution in [1.29, 1.82) is 0 Å². The summed E-state index contributed by atoms with van der Waals surface area (Å²) in [4.78, 5) is 18.6. The van der Waals surface area contributed by atoms with Crippen LogP contribution in [-0.2, 0) is 16.1 Å². The third-order valence-electron chi connectivity index (χ3n) is 5.20. The van der Waals surface area contributed by atoms with E-state index in [-0.39, 0.29) is 17.9 Å². The molecule has 2 aliphatic rings. The SMILES string of the molecule is COc1cc(C)nc(CN2CCC([C@H]3OCC[C@@H]3C(N)=O)CC2)c1. The second-order valence-corrected chi connectivity index (χ2v) is 6.89. The lowest BCUT2D eigenvalue weighted by Gasteiger charge is -2.35. The summed E-state index contributed by atoms with van der Waals surface area (Å²) in [6, 6.07) is 3.94. The van der Waals surface area contributed by atoms with Gasteiger partial charge in [-0.05, 0) is 45.2 Å². The summed E-state index contributed by atoms with van der Waals surface area (Å²) in [6.45, 7) is 5.46. The van der Waals surface area contributed by atoms with Crippen molar-refractivity contribution in [2.24, 2.45) is 17.6 Å². The Kier molecular flexibility index (Phi) is 5.36. The van der Waals surface area contributed by atoms with Crippen molar-refractivity contribution in [2.45, 2.75) is 38.8 Å². The highest BCUT2D eigenvalue weighted by Gasteiger charge is 2.39. The fourth-order valence-corrected chi connectivity index (χ4v) is 3.95. The van der Waals surface area contributed by atoms with Gasteiger partial charge in [-0.15, -0.1) is 0 Å². The van der Waals surface area contributed by atoms with Crippen LogP contribution in [0.4, 0.5) is 0 Å². The van der Waals surface area contributed by atoms with Gasteiger partial charge in [0.05, 0.1) is 24.8 Å². The number of pyridine rings is 1. The molecule has 6 heteroatoms. The number of rotatable bonds is 5. The molecule has 3 rings (SSSR count). The first-order valence-corrected chi connectivity index (χ1v) is 8.71. The van der Waals surface area contributed by atoms with E-state index < -0.39 is 0 Å². The average Bonchev–Trinajstić information content (AvgIpc) is 3.05. The molecule has 1 aromatic rings. The number of methoxy groups -OCH3 is 1. The Labute approximate surface area is 143 Å². The number of primary amides is 1. The molecule has 2 fully saturated rings. The van der Waals surface area contributed by atoms with Crippen LogP contribution in [0.5, 0.6) is 5.75 Å². The van der Waals surface area contributed by atoms with E-state index in [0.717, 1.165) is 56.0 Å². The maximum absolute atomic E-state index is 11.6. The molecule has 132 valence electrons. The molecular formula is C18H27N3O3. The molecule has 0 aliphatic carbocycles. The van der Waals surface area contributed by atoms with Gasteiger partial charge >= 0.3 is 0 Å². The number of likely N-dealkylation sites (tertiary alicyclic amines) is 1. The zero-order valence-corrected chi connectivity index (χ0v) is 14.5. The van der Waals surface area contributed by atoms with E-state index in [4.69, 9.17) is 15.2 Å². The monoisotopic (exact) mass is 333 g/mol. The van der Waals surface area contributed by atoms with Crippen LogP contribution in [0.1, 0.15) is 30.7 Å². The fourth-order valence-electron chi connectivity index (χ4n) is 3.95. The zero-order chi connectivity index (χ0) is 17.1. The van der Waals surface area contributed by atoms with Gasteiger partial charge in [0.1, 0.15) is 5.75 Å². The fraction of sp³-hybridized carbons (Fsp3) is 0.667. The predicted octanol–water partition coefficient (Wildman–Crippen LogP) is 1.50. The van der Waals surface area contributed by atoms with Crippen molar-refractivity contribution >= 4 is 5.91 Å². The van der Waals surface area contributed by atoms with Crippen LogP contribution >= 0.6 is 0 Å². The van der Waals surface area contributed by atoms with E-state index in [1.807, 2.05) is 19.1 Å². The predicted molar refractivity (Wildman–Crippen MR) is 90.6 cm³/mol. The maximum atomic E-state index is 11.6. The van der Waals surface area contributed by atoms with E-state index in [9.17, 15) is 4.79 Å². The number of nitrogens with zero attached hydrogens (tertiary/aromatic N) is 2. The molecule has 6 nitrogen and oxygen atoms in total. The number of carbonyl (C=O) groups is 1. The first-order chi connectivity index (χ1) is 11.6. The number of ether oxygens (including phenoxy) is 2. The Bertz CT molecular complexity index is 585. The van der Waals surface area contributed by atoms with Crippen molar-refractivity contribution in [3.05, 3.63) is 23.5 Å². The summed E-state index contributed by atoms with van der Waals surface area (Å²) >= 11 is 0. The van der Waals surface area contributed by atoms with Gasteiger partial charge in [0.25, 0.3) is 0 Å². The van der Waals surface area contributed by atoms with Gasteiger partial charge in [-0.3, -0.25) is 14.7 Å². The molecule has 2 N–H and O–H groups in total. The van der Waals surface area contributed by atoms with Crippen molar-refractivity contribution < 1.29 is 14.3 Å². The number of carbonyl (C=O) groups excluding carboxylic acids is 1. The van der Waals surface area contributed by atoms with Crippen LogP contribution in [0.2, 0.25) is 0 Å². The van der Waals surface area contributed by atoms with E-state index in [1.165, 1.54) is 0 Å². The molecule has 0 bridgehead atoms. The van der Waals surface area contributed by atoms with E-state index in [2.05, 4.69) is 9.88 Å². The third kappa shape index (κ3) is 3.87. The molecule has 3 heterocycles. The Morgan fingerprint density at radius 1 is 1.38 bits per heavy atom. The zero-order valence-electron chi connectivity index (χ0n) is 14.5. The first-order valence-electron chi connectivity index (χ1n) is 8.71. The highest BCUT2D eigenvalue weighted by Crippen LogP contribution is 2.33. The topological polar surface area (TPSA) is 77.7 Å². The normalized spacial score (nSPS) is 25.8. The molecule has 0 spiro atoms. The van der Waals surface area contributed by atoms with Crippen molar-refractivity contribution in [3.8, 4) is 5.75 Å². The van der Waals surface area contributed by atoms with Crippen LogP contribution in [0, 0.1) is 18.8 Å². The highest BCUT2D eigenvalue weighted by molar-refractivity contribution is 5.77. The third-order valence-corrected chi connectivity index (χ3v) is 5.20. The summed E-state index contributed by atoms with van der Waals surface area (Å²) in [7, 11) is 1.68. The quantitative estimate of drug-likeness (QED) is 0.883. The number of hydrogen-bond acceptors (Lipinski definition) is 5. The lowest BCUT2D eigenvalue weighted by molar-refractivity contribution is -0.124. The smallest absolute Gasteiger partial charge is 0.223 e. The van der Waals surface area contributed by atoms with Crippen LogP contribution in [0.15, 0.2) is 12.1 Å². The van der Waals surface area contributed by atoms with Crippen LogP contribution < -0.4 is 10.5 Å². The molecule has 0 radical (unpaired) electrons. The minimum Gasteiger partial charge on any atom is -0.497 e. The molecule has 1 amide bonds. The number of aromatic nitrogens is 1. The molecule has 24 heavy (non-hydrogen) atoms. The molecule has 2 saturated heterocycles. The van der Waals surface area contributed by atoms with Gasteiger partial charge in [-0.25, -0.2) is 0 Å². The van der Waals surface area contributed by atoms with Crippen LogP contribution in [0.3, 0.4) is 0 Å². The molecule has 0 aromatic carbocycles. The van der Waals surface area contributed by atoms with E-state index in [0.29, 0.717) is 12.5 Å². The van der Waals surface area contributed by atoms with Crippen molar-refractivity contribution in [3.63, 3.8) is 0 Å². The van der Waals surface area contributed by atoms with Gasteiger partial charge in [0.2, 0.25) is 5.91 Å². The molecule has 2 aliphatic heterocycles. The van der Waals surface area contributed by atoms with Crippen LogP contribution in [0.25, 0.3) is 0 Å². The van der Waals surface area contributed by atoms with Gasteiger partial charge in [0.15, 0.2) is 0 Å². The second-order valence-electron chi connectivity index (χ2n) is 6.89. The average molecular weight is 333 g/mol. The Morgan fingerprint density at radius 2 is 2.12 bits per heavy atom. The Morgan fingerprint density at radius 3 is 2.79 bits per heavy atom. The molecular weight excluding hydrogens is 306 g/mol. The number of nitrogens with two attached hydrogens (primary N) is 1. The summed E-state index contributed by atoms with van der Waals surface area (Å²) in [6.07, 6.45) is 2.86. The lowest BCUT2D eigenvalue weighted by Crippen LogP contribution is -2.42. The molecule has 0 unspecified atom stereocenters. The number of piperidine rings is 1. The van der Waals surface area contributed by atoms with Gasteiger partial charge < -0.3 is 15.2 Å². The van der Waals surface area contributed by atoms with Gasteiger partial charge in [-0.1, -0.05) is 0 Å². The Hall–Kier alpha value is -1.66. The number of hydrogen-bond donors (Lipinski definition) is 1. The van der Waals surface area contributed by atoms with E-state index in [1.54, 1.807) is 7.11 Å². The summed E-state index contributed by atoms with van der Waals surface area (Å²) < 4.78 is 11.1. The Balaban J connectivity index is 1.55. The highest BCUT2D eigenvalue weighted by atomic mass is 16.5. The minimum atomic E-state index is -0.212. The lowest BCUT2D eigenvalue weighted by atomic mass is 9.84. The van der Waals surface area contributed by atoms with E-state index >= 15 is 0 Å². The summed E-state index contributed by atoms with van der Waals surface area (Å²) in [5.74, 6) is 0.970. The number of aryl methyl sites for hydroxylation is 1. The molecule has 1 aromatic heterocycles. The first kappa shape index (κ1) is 17.2. The van der Waals surface area contributed by atoms with Crippen molar-refractivity contribution in [1.82, 2.24) is 9.88 Å². The molecule has 2 atom stereocenters. The van der Waals surface area contributed by atoms with Crippen LogP contribution in [-0.4, -0.2) is 48.7 Å². The largest absolute Gasteiger partial charge is 0.497 e. The summed E-state index contributed by atoms with van der Waals surface area (Å²) in [5.41, 5.74) is 7.53. The van der Waals surface area contributed by atoms with Gasteiger partial charge in [0, 0.05) is 31.0 Å². The molecule has 0 saturated carbocycles. The second kappa shape index (κ2) is 7.49. The standard InChI is InChI=1S/C18H27N3O3/c1-12-9-15(23-2)10-14(20-12)11-21-6-3-13(4-7-21)17-16(18(19)22)5-8-24-17/h9-10,13,16-17H,3-8,11H2,1-2H3,(H2,19,22)/t16-,17+/m0/s1. The number of amides is 1. The minimum absolute atomic E-state index is 0.0156.